The number of alkyl halides is 3. The lowest BCUT2D eigenvalue weighted by Crippen LogP contribution is -2.52. The van der Waals surface area contributed by atoms with E-state index in [1.54, 1.807) is 7.11 Å². The molecule has 32 heavy (non-hydrogen) atoms. The second kappa shape index (κ2) is 16.9. The molecule has 0 aromatic rings. The van der Waals surface area contributed by atoms with Crippen molar-refractivity contribution in [1.29, 1.82) is 0 Å². The molecule has 0 aliphatic carbocycles. The molecule has 0 aromatic heterocycles. The minimum atomic E-state index is -5.08. The van der Waals surface area contributed by atoms with E-state index in [0.717, 1.165) is 6.42 Å². The maximum Gasteiger partial charge on any atom is 0.490 e. The van der Waals surface area contributed by atoms with Crippen LogP contribution in [0.25, 0.3) is 0 Å². The summed E-state index contributed by atoms with van der Waals surface area (Å²) in [7, 11) is 1.65. The van der Waals surface area contributed by atoms with Crippen molar-refractivity contribution in [3.05, 3.63) is 12.2 Å². The van der Waals surface area contributed by atoms with Gasteiger partial charge in [-0.3, -0.25) is 4.79 Å². The molecule has 1 rings (SSSR count). The fourth-order valence-corrected chi connectivity index (χ4v) is 3.28. The number of methoxy groups -OCH3 is 1. The number of carboxylic acid groups (broad SMARTS) is 1. The molecule has 1 aliphatic heterocycles. The van der Waals surface area contributed by atoms with Gasteiger partial charge in [0.05, 0.1) is 13.2 Å². The smallest absolute Gasteiger partial charge is 0.475 e. The van der Waals surface area contributed by atoms with Gasteiger partial charge in [-0.15, -0.1) is 0 Å². The molecular formula is C22H38F3NO6. The second-order valence-corrected chi connectivity index (χ2v) is 7.78. The number of aliphatic carboxylic acids is 1. The number of hydrogen-bond acceptors (Lipinski definition) is 6. The number of allylic oxidation sites excluding steroid dienone is 1. The Balaban J connectivity index is 0.00000118. The maximum absolute atomic E-state index is 11.6. The molecule has 7 nitrogen and oxygen atoms in total. The van der Waals surface area contributed by atoms with Gasteiger partial charge >= 0.3 is 18.1 Å². The van der Waals surface area contributed by atoms with E-state index in [1.807, 2.05) is 13.0 Å². The van der Waals surface area contributed by atoms with Gasteiger partial charge in [-0.2, -0.15) is 13.2 Å². The number of ether oxygens (including phenoxy) is 3. The minimum absolute atomic E-state index is 0.129. The lowest BCUT2D eigenvalue weighted by atomic mass is 9.93. The molecule has 0 unspecified atom stereocenters. The molecule has 0 bridgehead atoms. The topological polar surface area (TPSA) is 108 Å². The SMILES string of the molecule is CCCCCCCCCC=C[C@@H]1OC[C@H](C)[C@H](OC)[C@H]1OC(=O)CN.O=C(O)C(F)(F)F. The van der Waals surface area contributed by atoms with E-state index >= 15 is 0 Å². The molecule has 3 N–H and O–H groups in total. The van der Waals surface area contributed by atoms with E-state index < -0.39 is 24.2 Å². The summed E-state index contributed by atoms with van der Waals surface area (Å²) >= 11 is 0. The first-order valence-electron chi connectivity index (χ1n) is 11.1. The fraction of sp³-hybridized carbons (Fsp3) is 0.818. The molecule has 0 saturated carbocycles. The predicted molar refractivity (Wildman–Crippen MR) is 114 cm³/mol. The number of carboxylic acids is 1. The van der Waals surface area contributed by atoms with Crippen LogP contribution in [-0.4, -0.2) is 61.8 Å². The third kappa shape index (κ3) is 13.0. The summed E-state index contributed by atoms with van der Waals surface area (Å²) in [6, 6.07) is 0. The summed E-state index contributed by atoms with van der Waals surface area (Å²) in [5.74, 6) is -3.00. The quantitative estimate of drug-likeness (QED) is 0.250. The molecule has 10 heteroatoms. The van der Waals surface area contributed by atoms with E-state index in [0.29, 0.717) is 6.61 Å². The van der Waals surface area contributed by atoms with E-state index in [9.17, 15) is 18.0 Å². The van der Waals surface area contributed by atoms with Gasteiger partial charge in [-0.25, -0.2) is 4.79 Å². The van der Waals surface area contributed by atoms with Crippen molar-refractivity contribution in [2.45, 2.75) is 89.7 Å². The van der Waals surface area contributed by atoms with Crippen LogP contribution in [0.15, 0.2) is 12.2 Å². The molecule has 0 amide bonds. The Bertz CT molecular complexity index is 556. The van der Waals surface area contributed by atoms with Gasteiger partial charge in [0.15, 0.2) is 6.10 Å². The number of unbranched alkanes of at least 4 members (excludes halogenated alkanes) is 7. The van der Waals surface area contributed by atoms with E-state index in [2.05, 4.69) is 13.0 Å². The zero-order valence-corrected chi connectivity index (χ0v) is 19.2. The highest BCUT2D eigenvalue weighted by molar-refractivity contribution is 5.73. The number of hydrogen-bond donors (Lipinski definition) is 2. The van der Waals surface area contributed by atoms with Crippen molar-refractivity contribution in [1.82, 2.24) is 0 Å². The Labute approximate surface area is 188 Å². The van der Waals surface area contributed by atoms with Crippen LogP contribution in [0, 0.1) is 5.92 Å². The molecule has 1 aliphatic rings. The van der Waals surface area contributed by atoms with Crippen LogP contribution in [-0.2, 0) is 23.8 Å². The van der Waals surface area contributed by atoms with Gasteiger partial charge < -0.3 is 25.1 Å². The van der Waals surface area contributed by atoms with Crippen LogP contribution in [0.3, 0.4) is 0 Å². The summed E-state index contributed by atoms with van der Waals surface area (Å²) in [5, 5.41) is 7.12. The van der Waals surface area contributed by atoms with Crippen LogP contribution in [0.4, 0.5) is 13.2 Å². The third-order valence-electron chi connectivity index (χ3n) is 5.01. The number of carbonyl (C=O) groups is 2. The molecule has 1 saturated heterocycles. The molecule has 1 fully saturated rings. The average Bonchev–Trinajstić information content (AvgIpc) is 2.73. The Kier molecular flexibility index (Phi) is 16.0. The molecule has 0 radical (unpaired) electrons. The first kappa shape index (κ1) is 30.4. The highest BCUT2D eigenvalue weighted by atomic mass is 19.4. The van der Waals surface area contributed by atoms with E-state index in [4.69, 9.17) is 29.8 Å². The maximum atomic E-state index is 11.6. The van der Waals surface area contributed by atoms with Gasteiger partial charge in [-0.1, -0.05) is 64.5 Å². The van der Waals surface area contributed by atoms with Crippen LogP contribution >= 0.6 is 0 Å². The number of halogens is 3. The highest BCUT2D eigenvalue weighted by Gasteiger charge is 2.40. The summed E-state index contributed by atoms with van der Waals surface area (Å²) < 4.78 is 48.6. The standard InChI is InChI=1S/C20H37NO4.C2HF3O2/c1-4-5-6-7-8-9-10-11-12-13-17-20(25-18(22)14-21)19(23-3)16(2)15-24-17;3-2(4,5)1(6)7/h12-13,16-17,19-20H,4-11,14-15,21H2,1-3H3;(H,6,7)/t16-,17-,19-,20-;/m0./s1. The molecule has 0 aromatic carbocycles. The van der Waals surface area contributed by atoms with Gasteiger partial charge in [0.2, 0.25) is 0 Å². The van der Waals surface area contributed by atoms with Crippen molar-refractivity contribution < 1.29 is 42.1 Å². The normalized spacial score (nSPS) is 23.5. The van der Waals surface area contributed by atoms with Crippen molar-refractivity contribution in [3.63, 3.8) is 0 Å². The number of esters is 1. The van der Waals surface area contributed by atoms with Gasteiger partial charge in [-0.05, 0) is 12.8 Å². The number of nitrogens with two attached hydrogens (primary N) is 1. The summed E-state index contributed by atoms with van der Waals surface area (Å²) in [4.78, 5) is 20.5. The molecule has 0 spiro atoms. The van der Waals surface area contributed by atoms with Crippen molar-refractivity contribution in [3.8, 4) is 0 Å². The highest BCUT2D eigenvalue weighted by Crippen LogP contribution is 2.26. The zero-order chi connectivity index (χ0) is 24.6. The second-order valence-electron chi connectivity index (χ2n) is 7.78. The van der Waals surface area contributed by atoms with Crippen LogP contribution in [0.2, 0.25) is 0 Å². The van der Waals surface area contributed by atoms with E-state index in [-0.39, 0.29) is 24.7 Å². The minimum Gasteiger partial charge on any atom is -0.475 e. The Hall–Kier alpha value is -1.65. The lowest BCUT2D eigenvalue weighted by Gasteiger charge is -2.39. The van der Waals surface area contributed by atoms with Gasteiger partial charge in [0, 0.05) is 13.0 Å². The molecular weight excluding hydrogens is 431 g/mol. The molecule has 188 valence electrons. The number of carbonyl (C=O) groups excluding carboxylic acids is 1. The van der Waals surface area contributed by atoms with Gasteiger partial charge in [0.25, 0.3) is 0 Å². The monoisotopic (exact) mass is 469 g/mol. The van der Waals surface area contributed by atoms with Gasteiger partial charge in [0.1, 0.15) is 12.2 Å². The molecule has 1 heterocycles. The van der Waals surface area contributed by atoms with Crippen molar-refractivity contribution >= 4 is 11.9 Å². The first-order valence-corrected chi connectivity index (χ1v) is 11.1. The van der Waals surface area contributed by atoms with Crippen molar-refractivity contribution in [2.75, 3.05) is 20.3 Å². The molecule has 4 atom stereocenters. The van der Waals surface area contributed by atoms with Crippen LogP contribution in [0.5, 0.6) is 0 Å². The van der Waals surface area contributed by atoms with E-state index in [1.165, 1.54) is 44.9 Å². The predicted octanol–water partition coefficient (Wildman–Crippen LogP) is 4.24. The van der Waals surface area contributed by atoms with Crippen molar-refractivity contribution in [2.24, 2.45) is 11.7 Å². The largest absolute Gasteiger partial charge is 0.490 e. The first-order chi connectivity index (χ1) is 15.1. The summed E-state index contributed by atoms with van der Waals surface area (Å²) in [6.45, 7) is 4.75. The number of rotatable bonds is 12. The van der Waals surface area contributed by atoms with Crippen LogP contribution < -0.4 is 5.73 Å². The van der Waals surface area contributed by atoms with Crippen LogP contribution in [0.1, 0.15) is 65.2 Å². The Morgan fingerprint density at radius 3 is 2.19 bits per heavy atom. The lowest BCUT2D eigenvalue weighted by molar-refractivity contribution is -0.192. The summed E-state index contributed by atoms with van der Waals surface area (Å²) in [5.41, 5.74) is 5.38. The zero-order valence-electron chi connectivity index (χ0n) is 19.2. The Morgan fingerprint density at radius 2 is 1.69 bits per heavy atom. The Morgan fingerprint density at radius 1 is 1.12 bits per heavy atom. The average molecular weight is 470 g/mol. The third-order valence-corrected chi connectivity index (χ3v) is 5.01. The summed E-state index contributed by atoms with van der Waals surface area (Å²) in [6.07, 6.45) is 8.34. The fourth-order valence-electron chi connectivity index (χ4n) is 3.28.